The lowest BCUT2D eigenvalue weighted by Gasteiger charge is -2.23. The number of piperidine rings is 1. The number of benzene rings is 1. The van der Waals surface area contributed by atoms with Crippen LogP contribution < -0.4 is 5.32 Å². The van der Waals surface area contributed by atoms with E-state index < -0.39 is 0 Å². The van der Waals surface area contributed by atoms with E-state index in [2.05, 4.69) is 43.4 Å². The van der Waals surface area contributed by atoms with Gasteiger partial charge in [-0.25, -0.2) is 0 Å². The van der Waals surface area contributed by atoms with E-state index in [0.29, 0.717) is 5.92 Å². The molecular formula is C14H21N. The summed E-state index contributed by atoms with van der Waals surface area (Å²) in [6.07, 6.45) is 2.66. The third-order valence-corrected chi connectivity index (χ3v) is 3.37. The standard InChI is InChI=1S/C14H21N/c1-11(2)12-5-7-13(8-6-12)14-4-3-9-15-10-14/h5-8,11,14-15H,3-4,9-10H2,1-2H3. The summed E-state index contributed by atoms with van der Waals surface area (Å²) < 4.78 is 0. The first kappa shape index (κ1) is 10.7. The molecule has 82 valence electrons. The monoisotopic (exact) mass is 203 g/mol. The van der Waals surface area contributed by atoms with Crippen LogP contribution in [0, 0.1) is 0 Å². The van der Waals surface area contributed by atoms with Gasteiger partial charge in [-0.1, -0.05) is 38.1 Å². The highest BCUT2D eigenvalue weighted by molar-refractivity contribution is 5.27. The number of hydrogen-bond acceptors (Lipinski definition) is 1. The van der Waals surface area contributed by atoms with Crippen LogP contribution in [0.1, 0.15) is 49.7 Å². The fraction of sp³-hybridized carbons (Fsp3) is 0.571. The Balaban J connectivity index is 2.08. The molecule has 1 aromatic rings. The van der Waals surface area contributed by atoms with Gasteiger partial charge in [0, 0.05) is 6.54 Å². The Kier molecular flexibility index (Phi) is 3.42. The zero-order chi connectivity index (χ0) is 10.7. The second-order valence-corrected chi connectivity index (χ2v) is 4.86. The fourth-order valence-electron chi connectivity index (χ4n) is 2.29. The molecule has 2 rings (SSSR count). The van der Waals surface area contributed by atoms with Crippen molar-refractivity contribution < 1.29 is 0 Å². The van der Waals surface area contributed by atoms with Crippen molar-refractivity contribution in [2.45, 2.75) is 38.5 Å². The summed E-state index contributed by atoms with van der Waals surface area (Å²) in [4.78, 5) is 0. The van der Waals surface area contributed by atoms with Crippen molar-refractivity contribution in [3.63, 3.8) is 0 Å². The van der Waals surface area contributed by atoms with Crippen molar-refractivity contribution in [1.82, 2.24) is 5.32 Å². The van der Waals surface area contributed by atoms with Gasteiger partial charge in [0.05, 0.1) is 0 Å². The summed E-state index contributed by atoms with van der Waals surface area (Å²) in [5.41, 5.74) is 2.95. The summed E-state index contributed by atoms with van der Waals surface area (Å²) in [6, 6.07) is 9.20. The third kappa shape index (κ3) is 2.60. The highest BCUT2D eigenvalue weighted by atomic mass is 14.9. The Morgan fingerprint density at radius 2 is 1.93 bits per heavy atom. The summed E-state index contributed by atoms with van der Waals surface area (Å²) >= 11 is 0. The topological polar surface area (TPSA) is 12.0 Å². The smallest absolute Gasteiger partial charge is 0.00201 e. The highest BCUT2D eigenvalue weighted by Crippen LogP contribution is 2.24. The fourth-order valence-corrected chi connectivity index (χ4v) is 2.29. The van der Waals surface area contributed by atoms with E-state index in [1.807, 2.05) is 0 Å². The van der Waals surface area contributed by atoms with Crippen molar-refractivity contribution in [2.75, 3.05) is 13.1 Å². The Labute approximate surface area is 92.9 Å². The molecule has 1 heteroatoms. The van der Waals surface area contributed by atoms with E-state index >= 15 is 0 Å². The maximum Gasteiger partial charge on any atom is 0.00201 e. The van der Waals surface area contributed by atoms with Gasteiger partial charge < -0.3 is 5.32 Å². The van der Waals surface area contributed by atoms with Crippen molar-refractivity contribution in [3.8, 4) is 0 Å². The molecule has 0 bridgehead atoms. The van der Waals surface area contributed by atoms with Crippen LogP contribution in [0.4, 0.5) is 0 Å². The van der Waals surface area contributed by atoms with Gasteiger partial charge in [-0.3, -0.25) is 0 Å². The first-order valence-corrected chi connectivity index (χ1v) is 6.08. The van der Waals surface area contributed by atoms with E-state index in [4.69, 9.17) is 0 Å². The Bertz CT molecular complexity index is 294. The van der Waals surface area contributed by atoms with Gasteiger partial charge in [0.15, 0.2) is 0 Å². The maximum atomic E-state index is 3.47. The molecule has 0 radical (unpaired) electrons. The predicted molar refractivity (Wildman–Crippen MR) is 65.4 cm³/mol. The van der Waals surface area contributed by atoms with Gasteiger partial charge in [0.2, 0.25) is 0 Å². The molecule has 15 heavy (non-hydrogen) atoms. The van der Waals surface area contributed by atoms with Crippen LogP contribution in [-0.4, -0.2) is 13.1 Å². The molecule has 1 saturated heterocycles. The molecule has 0 saturated carbocycles. The third-order valence-electron chi connectivity index (χ3n) is 3.37. The van der Waals surface area contributed by atoms with Gasteiger partial charge in [-0.2, -0.15) is 0 Å². The molecule has 0 amide bonds. The van der Waals surface area contributed by atoms with Gasteiger partial charge in [-0.05, 0) is 42.3 Å². The van der Waals surface area contributed by atoms with Gasteiger partial charge >= 0.3 is 0 Å². The van der Waals surface area contributed by atoms with Crippen LogP contribution in [0.2, 0.25) is 0 Å². The summed E-state index contributed by atoms with van der Waals surface area (Å²) in [5, 5.41) is 3.47. The lowest BCUT2D eigenvalue weighted by molar-refractivity contribution is 0.461. The largest absolute Gasteiger partial charge is 0.316 e. The van der Waals surface area contributed by atoms with Crippen molar-refractivity contribution in [3.05, 3.63) is 35.4 Å². The van der Waals surface area contributed by atoms with Crippen molar-refractivity contribution in [1.29, 1.82) is 0 Å². The van der Waals surface area contributed by atoms with E-state index in [-0.39, 0.29) is 0 Å². The Hall–Kier alpha value is -0.820. The molecule has 1 aliphatic rings. The number of rotatable bonds is 2. The van der Waals surface area contributed by atoms with Crippen LogP contribution in [0.25, 0.3) is 0 Å². The Morgan fingerprint density at radius 3 is 2.47 bits per heavy atom. The first-order valence-electron chi connectivity index (χ1n) is 6.08. The first-order chi connectivity index (χ1) is 7.27. The molecule has 1 fully saturated rings. The SMILES string of the molecule is CC(C)c1ccc(C2CCCNC2)cc1. The average Bonchev–Trinajstić information content (AvgIpc) is 2.30. The van der Waals surface area contributed by atoms with E-state index in [9.17, 15) is 0 Å². The van der Waals surface area contributed by atoms with Crippen LogP contribution in [0.15, 0.2) is 24.3 Å². The summed E-state index contributed by atoms with van der Waals surface area (Å²) in [7, 11) is 0. The zero-order valence-electron chi connectivity index (χ0n) is 9.79. The van der Waals surface area contributed by atoms with Crippen LogP contribution in [-0.2, 0) is 0 Å². The maximum absolute atomic E-state index is 3.47. The lowest BCUT2D eigenvalue weighted by atomic mass is 9.90. The molecule has 0 spiro atoms. The molecule has 1 atom stereocenters. The van der Waals surface area contributed by atoms with Gasteiger partial charge in [0.1, 0.15) is 0 Å². The highest BCUT2D eigenvalue weighted by Gasteiger charge is 2.14. The minimum Gasteiger partial charge on any atom is -0.316 e. The summed E-state index contributed by atoms with van der Waals surface area (Å²) in [6.45, 7) is 6.84. The molecule has 1 N–H and O–H groups in total. The number of hydrogen-bond donors (Lipinski definition) is 1. The number of nitrogens with one attached hydrogen (secondary N) is 1. The van der Waals surface area contributed by atoms with Crippen LogP contribution >= 0.6 is 0 Å². The molecular weight excluding hydrogens is 182 g/mol. The lowest BCUT2D eigenvalue weighted by Crippen LogP contribution is -2.28. The van der Waals surface area contributed by atoms with Gasteiger partial charge in [-0.15, -0.1) is 0 Å². The summed E-state index contributed by atoms with van der Waals surface area (Å²) in [5.74, 6) is 1.38. The van der Waals surface area contributed by atoms with Crippen molar-refractivity contribution in [2.24, 2.45) is 0 Å². The van der Waals surface area contributed by atoms with Gasteiger partial charge in [0.25, 0.3) is 0 Å². The molecule has 0 aliphatic carbocycles. The molecule has 0 aromatic heterocycles. The molecule has 1 nitrogen and oxygen atoms in total. The quantitative estimate of drug-likeness (QED) is 0.778. The van der Waals surface area contributed by atoms with E-state index in [0.717, 1.165) is 12.5 Å². The average molecular weight is 203 g/mol. The molecule has 1 aliphatic heterocycles. The molecule has 1 unspecified atom stereocenters. The van der Waals surface area contributed by atoms with Crippen molar-refractivity contribution >= 4 is 0 Å². The van der Waals surface area contributed by atoms with E-state index in [1.54, 1.807) is 0 Å². The second-order valence-electron chi connectivity index (χ2n) is 4.86. The predicted octanol–water partition coefficient (Wildman–Crippen LogP) is 3.28. The van der Waals surface area contributed by atoms with E-state index in [1.165, 1.54) is 30.5 Å². The normalized spacial score (nSPS) is 21.9. The zero-order valence-corrected chi connectivity index (χ0v) is 9.79. The van der Waals surface area contributed by atoms with Crippen LogP contribution in [0.5, 0.6) is 0 Å². The molecule has 1 aromatic carbocycles. The minimum absolute atomic E-state index is 0.642. The Morgan fingerprint density at radius 1 is 1.20 bits per heavy atom. The minimum atomic E-state index is 0.642. The second kappa shape index (κ2) is 4.80. The van der Waals surface area contributed by atoms with Crippen LogP contribution in [0.3, 0.4) is 0 Å². The molecule has 1 heterocycles.